The summed E-state index contributed by atoms with van der Waals surface area (Å²) in [5, 5.41) is 2.88. The highest BCUT2D eigenvalue weighted by molar-refractivity contribution is 7.88. The molecule has 0 spiro atoms. The highest BCUT2D eigenvalue weighted by Gasteiger charge is 2.27. The minimum absolute atomic E-state index is 0.0774. The zero-order valence-electron chi connectivity index (χ0n) is 12.5. The summed E-state index contributed by atoms with van der Waals surface area (Å²) in [6, 6.07) is 9.47. The average Bonchev–Trinajstić information content (AvgIpc) is 3.22. The molecule has 2 rings (SSSR count). The average molecular weight is 310 g/mol. The fraction of sp³-hybridized carbons (Fsp3) is 0.533. The second-order valence-electron chi connectivity index (χ2n) is 5.55. The molecular formula is C15H22N2O3S. The first-order valence-electron chi connectivity index (χ1n) is 7.19. The van der Waals surface area contributed by atoms with Crippen molar-refractivity contribution in [1.82, 2.24) is 9.62 Å². The van der Waals surface area contributed by atoms with Gasteiger partial charge in [0.2, 0.25) is 15.9 Å². The summed E-state index contributed by atoms with van der Waals surface area (Å²) in [5.74, 6) is -0.0774. The first kappa shape index (κ1) is 16.0. The Labute approximate surface area is 126 Å². The van der Waals surface area contributed by atoms with Crippen molar-refractivity contribution in [2.24, 2.45) is 0 Å². The molecule has 1 atom stereocenters. The normalized spacial score (nSPS) is 16.7. The zero-order valence-corrected chi connectivity index (χ0v) is 13.3. The van der Waals surface area contributed by atoms with Crippen molar-refractivity contribution < 1.29 is 13.2 Å². The minimum atomic E-state index is -3.37. The summed E-state index contributed by atoms with van der Waals surface area (Å²) >= 11 is 0. The van der Waals surface area contributed by atoms with Crippen molar-refractivity contribution in [2.45, 2.75) is 38.3 Å². The van der Waals surface area contributed by atoms with Crippen LogP contribution in [-0.4, -0.2) is 37.5 Å². The van der Waals surface area contributed by atoms with E-state index in [0.717, 1.165) is 18.4 Å². The second-order valence-corrected chi connectivity index (χ2v) is 7.49. The van der Waals surface area contributed by atoms with Gasteiger partial charge in [0.15, 0.2) is 0 Å². The molecule has 21 heavy (non-hydrogen) atoms. The topological polar surface area (TPSA) is 66.5 Å². The molecule has 5 nitrogen and oxygen atoms in total. The summed E-state index contributed by atoms with van der Waals surface area (Å²) in [4.78, 5) is 11.8. The summed E-state index contributed by atoms with van der Waals surface area (Å²) < 4.78 is 25.4. The van der Waals surface area contributed by atoms with Crippen molar-refractivity contribution in [1.29, 1.82) is 0 Å². The number of amides is 1. The summed E-state index contributed by atoms with van der Waals surface area (Å²) in [7, 11) is -3.37. The largest absolute Gasteiger partial charge is 0.353 e. The lowest BCUT2D eigenvalue weighted by molar-refractivity contribution is -0.121. The van der Waals surface area contributed by atoms with E-state index in [0.29, 0.717) is 6.04 Å². The Morgan fingerprint density at radius 2 is 1.95 bits per heavy atom. The number of rotatable bonds is 7. The highest BCUT2D eigenvalue weighted by atomic mass is 32.2. The predicted octanol–water partition coefficient (Wildman–Crippen LogP) is 1.68. The number of hydrogen-bond donors (Lipinski definition) is 1. The molecule has 1 aromatic rings. The zero-order chi connectivity index (χ0) is 15.5. The Balaban J connectivity index is 2.02. The van der Waals surface area contributed by atoms with Crippen LogP contribution in [0.15, 0.2) is 30.3 Å². The number of nitrogens with zero attached hydrogens (tertiary/aromatic N) is 1. The van der Waals surface area contributed by atoms with Crippen LogP contribution in [0, 0.1) is 0 Å². The highest BCUT2D eigenvalue weighted by Crippen LogP contribution is 2.23. The van der Waals surface area contributed by atoms with Gasteiger partial charge in [0, 0.05) is 25.0 Å². The molecule has 1 aliphatic carbocycles. The molecule has 116 valence electrons. The van der Waals surface area contributed by atoms with E-state index in [1.54, 1.807) is 0 Å². The van der Waals surface area contributed by atoms with Gasteiger partial charge in [-0.15, -0.1) is 0 Å². The maximum absolute atomic E-state index is 12.0. The first-order chi connectivity index (χ1) is 9.88. The quantitative estimate of drug-likeness (QED) is 0.833. The monoisotopic (exact) mass is 310 g/mol. The number of nitrogens with one attached hydrogen (secondary N) is 1. The predicted molar refractivity (Wildman–Crippen MR) is 82.2 cm³/mol. The van der Waals surface area contributed by atoms with Crippen molar-refractivity contribution in [2.75, 3.05) is 12.8 Å². The fourth-order valence-electron chi connectivity index (χ4n) is 2.28. The second kappa shape index (κ2) is 6.58. The van der Waals surface area contributed by atoms with E-state index in [1.165, 1.54) is 10.6 Å². The molecular weight excluding hydrogens is 288 g/mol. The molecule has 1 unspecified atom stereocenters. The SMILES string of the molecule is CC(c1ccccc1)N(CCC(=O)NC1CC1)S(C)(=O)=O. The van der Waals surface area contributed by atoms with Crippen LogP contribution in [0.5, 0.6) is 0 Å². The smallest absolute Gasteiger partial charge is 0.221 e. The molecule has 1 N–H and O–H groups in total. The third-order valence-corrected chi connectivity index (χ3v) is 4.99. The van der Waals surface area contributed by atoms with E-state index in [2.05, 4.69) is 5.32 Å². The number of benzene rings is 1. The summed E-state index contributed by atoms with van der Waals surface area (Å²) in [5.41, 5.74) is 0.922. The molecule has 0 radical (unpaired) electrons. The number of carbonyl (C=O) groups is 1. The van der Waals surface area contributed by atoms with E-state index in [4.69, 9.17) is 0 Å². The molecule has 0 bridgehead atoms. The van der Waals surface area contributed by atoms with E-state index < -0.39 is 10.0 Å². The lowest BCUT2D eigenvalue weighted by atomic mass is 10.1. The van der Waals surface area contributed by atoms with Crippen LogP contribution in [0.3, 0.4) is 0 Å². The number of carbonyl (C=O) groups excluding carboxylic acids is 1. The van der Waals surface area contributed by atoms with Gasteiger partial charge in [-0.2, -0.15) is 4.31 Å². The Bertz CT molecular complexity index is 582. The Kier molecular flexibility index (Phi) is 5.00. The van der Waals surface area contributed by atoms with Crippen LogP contribution in [0.25, 0.3) is 0 Å². The van der Waals surface area contributed by atoms with Crippen molar-refractivity contribution in [3.05, 3.63) is 35.9 Å². The van der Waals surface area contributed by atoms with Gasteiger partial charge in [-0.05, 0) is 25.3 Å². The Morgan fingerprint density at radius 1 is 1.33 bits per heavy atom. The van der Waals surface area contributed by atoms with Gasteiger partial charge < -0.3 is 5.32 Å². The molecule has 0 aliphatic heterocycles. The van der Waals surface area contributed by atoms with Gasteiger partial charge in [0.1, 0.15) is 0 Å². The molecule has 0 heterocycles. The lowest BCUT2D eigenvalue weighted by Crippen LogP contribution is -2.36. The maximum Gasteiger partial charge on any atom is 0.221 e. The van der Waals surface area contributed by atoms with Crippen molar-refractivity contribution in [3.8, 4) is 0 Å². The van der Waals surface area contributed by atoms with Gasteiger partial charge in [0.05, 0.1) is 6.26 Å². The van der Waals surface area contributed by atoms with Crippen molar-refractivity contribution in [3.63, 3.8) is 0 Å². The molecule has 0 aromatic heterocycles. The summed E-state index contributed by atoms with van der Waals surface area (Å²) in [6.45, 7) is 2.04. The summed E-state index contributed by atoms with van der Waals surface area (Å²) in [6.07, 6.45) is 3.44. The van der Waals surface area contributed by atoms with Crippen LogP contribution in [-0.2, 0) is 14.8 Å². The van der Waals surface area contributed by atoms with E-state index in [9.17, 15) is 13.2 Å². The van der Waals surface area contributed by atoms with E-state index >= 15 is 0 Å². The van der Waals surface area contributed by atoms with Gasteiger partial charge in [-0.1, -0.05) is 30.3 Å². The Morgan fingerprint density at radius 3 is 2.48 bits per heavy atom. The van der Waals surface area contributed by atoms with Crippen LogP contribution in [0.1, 0.15) is 37.8 Å². The third-order valence-electron chi connectivity index (χ3n) is 3.64. The number of hydrogen-bond acceptors (Lipinski definition) is 3. The first-order valence-corrected chi connectivity index (χ1v) is 9.04. The van der Waals surface area contributed by atoms with Crippen LogP contribution in [0.2, 0.25) is 0 Å². The van der Waals surface area contributed by atoms with Gasteiger partial charge in [0.25, 0.3) is 0 Å². The standard InChI is InChI=1S/C15H22N2O3S/c1-12(13-6-4-3-5-7-13)17(21(2,19)20)11-10-15(18)16-14-8-9-14/h3-7,12,14H,8-11H2,1-2H3,(H,16,18). The molecule has 1 amide bonds. The van der Waals surface area contributed by atoms with Gasteiger partial charge >= 0.3 is 0 Å². The van der Waals surface area contributed by atoms with Gasteiger partial charge in [-0.25, -0.2) is 8.42 Å². The lowest BCUT2D eigenvalue weighted by Gasteiger charge is -2.27. The van der Waals surface area contributed by atoms with Crippen LogP contribution >= 0.6 is 0 Å². The minimum Gasteiger partial charge on any atom is -0.353 e. The van der Waals surface area contributed by atoms with Crippen LogP contribution < -0.4 is 5.32 Å². The molecule has 1 fully saturated rings. The Hall–Kier alpha value is -1.40. The van der Waals surface area contributed by atoms with E-state index in [-0.39, 0.29) is 24.9 Å². The molecule has 1 aromatic carbocycles. The van der Waals surface area contributed by atoms with Crippen LogP contribution in [0.4, 0.5) is 0 Å². The molecule has 1 saturated carbocycles. The third kappa shape index (κ3) is 4.82. The molecule has 0 saturated heterocycles. The number of sulfonamides is 1. The van der Waals surface area contributed by atoms with Crippen molar-refractivity contribution >= 4 is 15.9 Å². The molecule has 6 heteroatoms. The van der Waals surface area contributed by atoms with E-state index in [1.807, 2.05) is 37.3 Å². The fourth-order valence-corrected chi connectivity index (χ4v) is 3.40. The van der Waals surface area contributed by atoms with Gasteiger partial charge in [-0.3, -0.25) is 4.79 Å². The molecule has 1 aliphatic rings. The maximum atomic E-state index is 12.0.